The number of aryl methyl sites for hydroxylation is 1. The summed E-state index contributed by atoms with van der Waals surface area (Å²) in [5.74, 6) is -1.36. The summed E-state index contributed by atoms with van der Waals surface area (Å²) in [6, 6.07) is 12.8. The second-order valence-corrected chi connectivity index (χ2v) is 4.09. The Morgan fingerprint density at radius 1 is 1.05 bits per heavy atom. The Morgan fingerprint density at radius 2 is 1.70 bits per heavy atom. The zero-order chi connectivity index (χ0) is 13.8. The second kappa shape index (κ2) is 7.24. The second-order valence-electron chi connectivity index (χ2n) is 4.09. The first-order valence-corrected chi connectivity index (χ1v) is 5.68. The van der Waals surface area contributed by atoms with Crippen LogP contribution in [0.2, 0.25) is 0 Å². The van der Waals surface area contributed by atoms with Crippen molar-refractivity contribution in [1.82, 2.24) is 0 Å². The molecule has 5 heteroatoms. The molecule has 2 aromatic rings. The van der Waals surface area contributed by atoms with Crippen LogP contribution in [0.1, 0.15) is 27.7 Å². The van der Waals surface area contributed by atoms with Crippen LogP contribution in [0.3, 0.4) is 0 Å². The molecule has 2 rings (SSSR count). The minimum Gasteiger partial charge on any atom is -1.00 e. The number of carboxylic acid groups (broad SMARTS) is 1. The summed E-state index contributed by atoms with van der Waals surface area (Å²) in [6.07, 6.45) is 0. The average molecular weight is 280 g/mol. The molecule has 4 nitrogen and oxygen atoms in total. The summed E-state index contributed by atoms with van der Waals surface area (Å²) in [7, 11) is 0. The molecule has 0 unspecified atom stereocenters. The molecule has 0 aliphatic rings. The van der Waals surface area contributed by atoms with Gasteiger partial charge in [0.2, 0.25) is 0 Å². The minimum absolute atomic E-state index is 0. The number of carboxylic acids is 1. The van der Waals surface area contributed by atoms with E-state index in [2.05, 4.69) is 0 Å². The van der Waals surface area contributed by atoms with Crippen molar-refractivity contribution in [3.05, 3.63) is 65.2 Å². The fourth-order valence-electron chi connectivity index (χ4n) is 1.55. The maximum absolute atomic E-state index is 11.8. The quantitative estimate of drug-likeness (QED) is 0.489. The molecule has 2 aromatic carbocycles. The minimum atomic E-state index is -1.06. The number of ether oxygens (including phenoxy) is 1. The molecule has 0 atom stereocenters. The largest absolute Gasteiger partial charge is 1.00 e. The number of rotatable bonds is 3. The van der Waals surface area contributed by atoms with Gasteiger partial charge in [-0.05, 0) is 37.3 Å². The SMILES string of the molecule is Cc1ccc(C(=O)Oc2cccc(C(=O)O)c2)cc1.[H-].[Na+]. The number of aromatic carboxylic acids is 1. The Balaban J connectivity index is 0.00000200. The summed E-state index contributed by atoms with van der Waals surface area (Å²) >= 11 is 0. The van der Waals surface area contributed by atoms with Gasteiger partial charge in [0, 0.05) is 0 Å². The third-order valence-electron chi connectivity index (χ3n) is 2.58. The first-order chi connectivity index (χ1) is 9.06. The van der Waals surface area contributed by atoms with Gasteiger partial charge in [0.25, 0.3) is 0 Å². The molecule has 0 saturated carbocycles. The first kappa shape index (κ1) is 16.4. The molecule has 20 heavy (non-hydrogen) atoms. The van der Waals surface area contributed by atoms with Crippen LogP contribution in [-0.4, -0.2) is 17.0 Å². The van der Waals surface area contributed by atoms with Crippen LogP contribution in [0.15, 0.2) is 48.5 Å². The maximum atomic E-state index is 11.8. The Hall–Kier alpha value is -1.62. The molecule has 0 radical (unpaired) electrons. The molecule has 0 fully saturated rings. The van der Waals surface area contributed by atoms with E-state index in [-0.39, 0.29) is 42.3 Å². The standard InChI is InChI=1S/C15H12O4.Na.H/c1-10-5-7-11(8-6-10)15(18)19-13-4-2-3-12(9-13)14(16)17;;/h2-9H,1H3,(H,16,17);;/q;+1;-1. The number of carbonyl (C=O) groups excluding carboxylic acids is 1. The van der Waals surface area contributed by atoms with Crippen molar-refractivity contribution in [1.29, 1.82) is 0 Å². The van der Waals surface area contributed by atoms with Crippen LogP contribution < -0.4 is 34.3 Å². The Morgan fingerprint density at radius 3 is 2.30 bits per heavy atom. The number of hydrogen-bond donors (Lipinski definition) is 1. The average Bonchev–Trinajstić information content (AvgIpc) is 2.39. The van der Waals surface area contributed by atoms with Crippen molar-refractivity contribution < 1.29 is 50.4 Å². The first-order valence-electron chi connectivity index (χ1n) is 5.68. The molecule has 0 amide bonds. The van der Waals surface area contributed by atoms with Gasteiger partial charge in [-0.2, -0.15) is 0 Å². The third-order valence-corrected chi connectivity index (χ3v) is 2.58. The van der Waals surface area contributed by atoms with Crippen LogP contribution in [0.4, 0.5) is 0 Å². The number of hydrogen-bond acceptors (Lipinski definition) is 3. The van der Waals surface area contributed by atoms with Gasteiger partial charge in [-0.15, -0.1) is 0 Å². The molecular weight excluding hydrogens is 267 g/mol. The molecule has 1 N–H and O–H groups in total. The van der Waals surface area contributed by atoms with Gasteiger partial charge in [-0.1, -0.05) is 23.8 Å². The molecule has 0 heterocycles. The van der Waals surface area contributed by atoms with Gasteiger partial charge in [0.15, 0.2) is 0 Å². The zero-order valence-corrected chi connectivity index (χ0v) is 13.3. The van der Waals surface area contributed by atoms with E-state index in [1.54, 1.807) is 18.2 Å². The van der Waals surface area contributed by atoms with E-state index in [1.807, 2.05) is 19.1 Å². The number of esters is 1. The van der Waals surface area contributed by atoms with Crippen LogP contribution >= 0.6 is 0 Å². The van der Waals surface area contributed by atoms with Crippen molar-refractivity contribution in [2.75, 3.05) is 0 Å². The Kier molecular flexibility index (Phi) is 5.95. The van der Waals surface area contributed by atoms with Crippen LogP contribution in [0.25, 0.3) is 0 Å². The molecule has 0 aliphatic carbocycles. The third kappa shape index (κ3) is 4.20. The predicted molar refractivity (Wildman–Crippen MR) is 70.7 cm³/mol. The van der Waals surface area contributed by atoms with Crippen molar-refractivity contribution in [2.45, 2.75) is 6.92 Å². The number of benzene rings is 2. The molecule has 0 aliphatic heterocycles. The normalized spacial score (nSPS) is 9.45. The Labute approximate surface area is 140 Å². The van der Waals surface area contributed by atoms with Crippen LogP contribution in [0, 0.1) is 6.92 Å². The molecule has 0 spiro atoms. The van der Waals surface area contributed by atoms with E-state index in [1.165, 1.54) is 18.2 Å². The fourth-order valence-corrected chi connectivity index (χ4v) is 1.55. The van der Waals surface area contributed by atoms with Gasteiger partial charge < -0.3 is 11.3 Å². The van der Waals surface area contributed by atoms with Crippen molar-refractivity contribution >= 4 is 11.9 Å². The van der Waals surface area contributed by atoms with Crippen molar-refractivity contribution in [2.24, 2.45) is 0 Å². The van der Waals surface area contributed by atoms with E-state index in [0.29, 0.717) is 5.56 Å². The van der Waals surface area contributed by atoms with E-state index in [0.717, 1.165) is 5.56 Å². The Bertz CT molecular complexity index is 626. The van der Waals surface area contributed by atoms with Crippen molar-refractivity contribution in [3.8, 4) is 5.75 Å². The van der Waals surface area contributed by atoms with E-state index >= 15 is 0 Å². The fraction of sp³-hybridized carbons (Fsp3) is 0.0667. The summed E-state index contributed by atoms with van der Waals surface area (Å²) < 4.78 is 5.13. The van der Waals surface area contributed by atoms with Gasteiger partial charge in [-0.25, -0.2) is 9.59 Å². The zero-order valence-electron chi connectivity index (χ0n) is 12.3. The van der Waals surface area contributed by atoms with E-state index in [9.17, 15) is 9.59 Å². The van der Waals surface area contributed by atoms with Crippen molar-refractivity contribution in [3.63, 3.8) is 0 Å². The maximum Gasteiger partial charge on any atom is 1.00 e. The summed E-state index contributed by atoms with van der Waals surface area (Å²) in [5.41, 5.74) is 1.55. The summed E-state index contributed by atoms with van der Waals surface area (Å²) in [4.78, 5) is 22.6. The van der Waals surface area contributed by atoms with Gasteiger partial charge in [0.1, 0.15) is 5.75 Å². The summed E-state index contributed by atoms with van der Waals surface area (Å²) in [6.45, 7) is 1.92. The predicted octanol–water partition coefficient (Wildman–Crippen LogP) is 0.0289. The van der Waals surface area contributed by atoms with Gasteiger partial charge in [-0.3, -0.25) is 0 Å². The molecule has 0 bridgehead atoms. The summed E-state index contributed by atoms with van der Waals surface area (Å²) in [5, 5.41) is 8.85. The van der Waals surface area contributed by atoms with Crippen LogP contribution in [0.5, 0.6) is 5.75 Å². The molecule has 0 saturated heterocycles. The molecule has 98 valence electrons. The van der Waals surface area contributed by atoms with Gasteiger partial charge in [0.05, 0.1) is 11.1 Å². The topological polar surface area (TPSA) is 63.6 Å². The smallest absolute Gasteiger partial charge is 1.00 e. The van der Waals surface area contributed by atoms with E-state index in [4.69, 9.17) is 9.84 Å². The molecule has 0 aromatic heterocycles. The monoisotopic (exact) mass is 280 g/mol. The number of carbonyl (C=O) groups is 2. The van der Waals surface area contributed by atoms with Gasteiger partial charge >= 0.3 is 41.5 Å². The molecular formula is C15H13NaO4. The van der Waals surface area contributed by atoms with Crippen LogP contribution in [-0.2, 0) is 0 Å². The van der Waals surface area contributed by atoms with E-state index < -0.39 is 11.9 Å².